The van der Waals surface area contributed by atoms with Crippen LogP contribution in [-0.2, 0) is 0 Å². The molecule has 4 nitrogen and oxygen atoms in total. The summed E-state index contributed by atoms with van der Waals surface area (Å²) in [4.78, 5) is 0. The minimum absolute atomic E-state index is 0.162. The highest BCUT2D eigenvalue weighted by atomic mass is 19.1. The van der Waals surface area contributed by atoms with Crippen LogP contribution in [0.2, 0.25) is 0 Å². The number of nitrogens with zero attached hydrogens (tertiary/aromatic N) is 1. The first-order valence-electron chi connectivity index (χ1n) is 6.39. The third kappa shape index (κ3) is 3.71. The summed E-state index contributed by atoms with van der Waals surface area (Å²) in [5, 5.41) is 21.6. The summed E-state index contributed by atoms with van der Waals surface area (Å²) >= 11 is 0. The zero-order chi connectivity index (χ0) is 15.2. The normalized spacial score (nSPS) is 11.5. The van der Waals surface area contributed by atoms with Crippen molar-refractivity contribution >= 4 is 5.69 Å². The third-order valence-corrected chi connectivity index (χ3v) is 3.08. The Kier molecular flexibility index (Phi) is 4.75. The van der Waals surface area contributed by atoms with Crippen LogP contribution < -0.4 is 10.1 Å². The molecule has 0 saturated carbocycles. The smallest absolute Gasteiger partial charge is 0.147 e. The molecular weight excluding hydrogens is 271 g/mol. The van der Waals surface area contributed by atoms with Gasteiger partial charge in [0.25, 0.3) is 0 Å². The molecule has 0 heterocycles. The van der Waals surface area contributed by atoms with E-state index in [9.17, 15) is 9.50 Å². The van der Waals surface area contributed by atoms with Gasteiger partial charge in [0.05, 0.1) is 30.5 Å². The topological polar surface area (TPSA) is 65.3 Å². The standard InChI is InChI=1S/C16H15FN2O2/c1-21-13-5-3-12(4-6-13)16(20)10-19-15-7-2-11(9-18)8-14(15)17/h2-8,16,19-20H,10H2,1H3. The minimum atomic E-state index is -0.772. The first-order chi connectivity index (χ1) is 10.1. The van der Waals surface area contributed by atoms with E-state index in [2.05, 4.69) is 5.32 Å². The summed E-state index contributed by atoms with van der Waals surface area (Å²) in [6.45, 7) is 0.162. The van der Waals surface area contributed by atoms with Gasteiger partial charge in [-0.1, -0.05) is 12.1 Å². The second-order valence-corrected chi connectivity index (χ2v) is 4.48. The number of nitriles is 1. The van der Waals surface area contributed by atoms with Crippen LogP contribution in [0.15, 0.2) is 42.5 Å². The van der Waals surface area contributed by atoms with Crippen molar-refractivity contribution in [3.8, 4) is 11.8 Å². The van der Waals surface area contributed by atoms with E-state index in [1.54, 1.807) is 31.4 Å². The Morgan fingerprint density at radius 2 is 2.00 bits per heavy atom. The number of aliphatic hydroxyl groups is 1. The summed E-state index contributed by atoms with van der Waals surface area (Å²) in [5.74, 6) is 0.188. The Hall–Kier alpha value is -2.58. The molecule has 1 atom stereocenters. The maximum Gasteiger partial charge on any atom is 0.147 e. The molecule has 0 aliphatic heterocycles. The SMILES string of the molecule is COc1ccc(C(O)CNc2ccc(C#N)cc2F)cc1. The summed E-state index contributed by atoms with van der Waals surface area (Å²) in [6, 6.07) is 13.0. The highest BCUT2D eigenvalue weighted by Crippen LogP contribution is 2.20. The first kappa shape index (κ1) is 14.8. The minimum Gasteiger partial charge on any atom is -0.497 e. The van der Waals surface area contributed by atoms with E-state index in [1.165, 1.54) is 12.1 Å². The third-order valence-electron chi connectivity index (χ3n) is 3.08. The molecule has 2 aromatic carbocycles. The van der Waals surface area contributed by atoms with Gasteiger partial charge in [-0.05, 0) is 35.9 Å². The van der Waals surface area contributed by atoms with Crippen LogP contribution >= 0.6 is 0 Å². The lowest BCUT2D eigenvalue weighted by Crippen LogP contribution is -2.13. The van der Waals surface area contributed by atoms with Gasteiger partial charge >= 0.3 is 0 Å². The van der Waals surface area contributed by atoms with Crippen LogP contribution in [-0.4, -0.2) is 18.8 Å². The van der Waals surface area contributed by atoms with Gasteiger partial charge in [0.2, 0.25) is 0 Å². The summed E-state index contributed by atoms with van der Waals surface area (Å²) in [5.41, 5.74) is 1.22. The van der Waals surface area contributed by atoms with Gasteiger partial charge in [-0.2, -0.15) is 5.26 Å². The summed E-state index contributed by atoms with van der Waals surface area (Å²) in [7, 11) is 1.57. The number of aliphatic hydroxyl groups excluding tert-OH is 1. The zero-order valence-corrected chi connectivity index (χ0v) is 11.5. The van der Waals surface area contributed by atoms with Crippen LogP contribution in [0.3, 0.4) is 0 Å². The number of benzene rings is 2. The Morgan fingerprint density at radius 3 is 2.57 bits per heavy atom. The molecule has 0 bridgehead atoms. The van der Waals surface area contributed by atoms with Gasteiger partial charge in [-0.25, -0.2) is 4.39 Å². The van der Waals surface area contributed by atoms with Crippen LogP contribution in [0.1, 0.15) is 17.2 Å². The van der Waals surface area contributed by atoms with Crippen LogP contribution in [0.5, 0.6) is 5.75 Å². The fourth-order valence-corrected chi connectivity index (χ4v) is 1.88. The van der Waals surface area contributed by atoms with E-state index < -0.39 is 11.9 Å². The maximum atomic E-state index is 13.7. The molecule has 0 radical (unpaired) electrons. The zero-order valence-electron chi connectivity index (χ0n) is 11.5. The Morgan fingerprint density at radius 1 is 1.29 bits per heavy atom. The van der Waals surface area contributed by atoms with Gasteiger partial charge in [-0.3, -0.25) is 0 Å². The maximum absolute atomic E-state index is 13.7. The van der Waals surface area contributed by atoms with E-state index in [0.29, 0.717) is 11.3 Å². The molecule has 108 valence electrons. The Labute approximate surface area is 122 Å². The molecule has 2 rings (SSSR count). The molecule has 21 heavy (non-hydrogen) atoms. The highest BCUT2D eigenvalue weighted by molar-refractivity contribution is 5.49. The van der Waals surface area contributed by atoms with Gasteiger partial charge in [0.1, 0.15) is 11.6 Å². The predicted octanol–water partition coefficient (Wildman–Crippen LogP) is 2.85. The van der Waals surface area contributed by atoms with Crippen molar-refractivity contribution in [3.05, 3.63) is 59.4 Å². The van der Waals surface area contributed by atoms with Crippen molar-refractivity contribution in [1.82, 2.24) is 0 Å². The lowest BCUT2D eigenvalue weighted by Gasteiger charge is -2.14. The average Bonchev–Trinajstić information content (AvgIpc) is 2.53. The quantitative estimate of drug-likeness (QED) is 0.887. The van der Waals surface area contributed by atoms with Crippen molar-refractivity contribution in [1.29, 1.82) is 5.26 Å². The van der Waals surface area contributed by atoms with Gasteiger partial charge < -0.3 is 15.2 Å². The molecule has 0 aliphatic carbocycles. The predicted molar refractivity (Wildman–Crippen MR) is 77.6 cm³/mol. The number of hydrogen-bond donors (Lipinski definition) is 2. The molecule has 1 unspecified atom stereocenters. The Balaban J connectivity index is 2.00. The molecule has 0 aliphatic rings. The van der Waals surface area contributed by atoms with E-state index in [1.807, 2.05) is 6.07 Å². The van der Waals surface area contributed by atoms with Gasteiger partial charge in [0, 0.05) is 6.54 Å². The number of methoxy groups -OCH3 is 1. The van der Waals surface area contributed by atoms with Crippen LogP contribution in [0, 0.1) is 17.1 Å². The number of hydrogen-bond acceptors (Lipinski definition) is 4. The van der Waals surface area contributed by atoms with Crippen LogP contribution in [0.25, 0.3) is 0 Å². The number of rotatable bonds is 5. The van der Waals surface area contributed by atoms with Gasteiger partial charge in [-0.15, -0.1) is 0 Å². The molecular formula is C16H15FN2O2. The molecule has 0 spiro atoms. The van der Waals surface area contributed by atoms with Crippen molar-refractivity contribution in [2.24, 2.45) is 0 Å². The van der Waals surface area contributed by atoms with E-state index in [-0.39, 0.29) is 17.8 Å². The van der Waals surface area contributed by atoms with Crippen molar-refractivity contribution in [2.75, 3.05) is 19.0 Å². The Bertz CT molecular complexity index is 650. The van der Waals surface area contributed by atoms with Crippen molar-refractivity contribution in [3.63, 3.8) is 0 Å². The van der Waals surface area contributed by atoms with Gasteiger partial charge in [0.15, 0.2) is 0 Å². The number of nitrogens with one attached hydrogen (secondary N) is 1. The van der Waals surface area contributed by atoms with Crippen LogP contribution in [0.4, 0.5) is 10.1 Å². The molecule has 0 aromatic heterocycles. The highest BCUT2D eigenvalue weighted by Gasteiger charge is 2.09. The molecule has 0 saturated heterocycles. The molecule has 5 heteroatoms. The first-order valence-corrected chi connectivity index (χ1v) is 6.39. The lowest BCUT2D eigenvalue weighted by molar-refractivity contribution is 0.191. The monoisotopic (exact) mass is 286 g/mol. The number of ether oxygens (including phenoxy) is 1. The van der Waals surface area contributed by atoms with Crippen molar-refractivity contribution < 1.29 is 14.2 Å². The molecule has 0 amide bonds. The molecule has 0 fully saturated rings. The van der Waals surface area contributed by atoms with E-state index in [0.717, 1.165) is 6.07 Å². The van der Waals surface area contributed by atoms with E-state index >= 15 is 0 Å². The van der Waals surface area contributed by atoms with E-state index in [4.69, 9.17) is 10.00 Å². The largest absolute Gasteiger partial charge is 0.497 e. The average molecular weight is 286 g/mol. The lowest BCUT2D eigenvalue weighted by atomic mass is 10.1. The fraction of sp³-hybridized carbons (Fsp3) is 0.188. The second kappa shape index (κ2) is 6.73. The molecule has 2 aromatic rings. The summed E-state index contributed by atoms with van der Waals surface area (Å²) < 4.78 is 18.7. The van der Waals surface area contributed by atoms with Crippen molar-refractivity contribution in [2.45, 2.75) is 6.10 Å². The second-order valence-electron chi connectivity index (χ2n) is 4.48. The number of halogens is 1. The summed E-state index contributed by atoms with van der Waals surface area (Å²) in [6.07, 6.45) is -0.772. The molecule has 2 N–H and O–H groups in total. The fourth-order valence-electron chi connectivity index (χ4n) is 1.88. The number of anilines is 1.